The van der Waals surface area contributed by atoms with Crippen LogP contribution in [0.5, 0.6) is 0 Å². The van der Waals surface area contributed by atoms with E-state index in [1.807, 2.05) is 53.4 Å². The molecule has 42 heavy (non-hydrogen) atoms. The van der Waals surface area contributed by atoms with Gasteiger partial charge in [0.25, 0.3) is 5.91 Å². The number of amides is 1. The summed E-state index contributed by atoms with van der Waals surface area (Å²) in [7, 11) is 0. The maximum absolute atomic E-state index is 14.1. The summed E-state index contributed by atoms with van der Waals surface area (Å²) in [5, 5.41) is 9.30. The lowest BCUT2D eigenvalue weighted by Gasteiger charge is -2.50. The van der Waals surface area contributed by atoms with Gasteiger partial charge in [0.2, 0.25) is 0 Å². The number of fused-ring (bicyclic) bond motifs is 2. The molecule has 0 fully saturated rings. The van der Waals surface area contributed by atoms with Crippen LogP contribution in [0.2, 0.25) is 0 Å². The van der Waals surface area contributed by atoms with Gasteiger partial charge in [-0.2, -0.15) is 0 Å². The Morgan fingerprint density at radius 3 is 2.33 bits per heavy atom. The summed E-state index contributed by atoms with van der Waals surface area (Å²) >= 11 is 0. The summed E-state index contributed by atoms with van der Waals surface area (Å²) in [6.07, 6.45) is 5.21. The number of aromatic carboxylic acids is 1. The van der Waals surface area contributed by atoms with E-state index in [9.17, 15) is 19.5 Å². The number of hydrogen-bond donors (Lipinski definition) is 2. The molecule has 1 aliphatic heterocycles. The number of allylic oxidation sites excluding steroid dienone is 2. The molecular formula is C35H33N3O4. The molecule has 0 spiro atoms. The highest BCUT2D eigenvalue weighted by Gasteiger charge is 2.46. The van der Waals surface area contributed by atoms with Gasteiger partial charge in [0.05, 0.1) is 22.2 Å². The molecule has 3 aromatic carbocycles. The lowest BCUT2D eigenvalue weighted by molar-refractivity contribution is 0.0679. The molecule has 0 unspecified atom stereocenters. The van der Waals surface area contributed by atoms with Crippen molar-refractivity contribution in [2.75, 3.05) is 13.1 Å². The molecular weight excluding hydrogens is 526 g/mol. The first-order chi connectivity index (χ1) is 20.0. The van der Waals surface area contributed by atoms with Crippen LogP contribution in [0.15, 0.2) is 84.5 Å². The lowest BCUT2D eigenvalue weighted by Crippen LogP contribution is -2.48. The molecule has 4 aromatic rings. The van der Waals surface area contributed by atoms with Gasteiger partial charge in [0.15, 0.2) is 5.78 Å². The zero-order chi connectivity index (χ0) is 29.8. The molecule has 1 atom stereocenters. The van der Waals surface area contributed by atoms with Crippen LogP contribution in [0.1, 0.15) is 70.8 Å². The van der Waals surface area contributed by atoms with Crippen LogP contribution in [0.3, 0.4) is 0 Å². The molecule has 1 aromatic heterocycles. The fourth-order valence-electron chi connectivity index (χ4n) is 6.85. The van der Waals surface area contributed by atoms with E-state index in [1.54, 1.807) is 18.2 Å². The van der Waals surface area contributed by atoms with Crippen molar-refractivity contribution in [3.63, 3.8) is 0 Å². The van der Waals surface area contributed by atoms with Crippen molar-refractivity contribution in [2.24, 2.45) is 10.8 Å². The predicted molar refractivity (Wildman–Crippen MR) is 163 cm³/mol. The Bertz CT molecular complexity index is 1830. The van der Waals surface area contributed by atoms with Gasteiger partial charge in [-0.15, -0.1) is 0 Å². The number of ketones is 1. The number of carboxylic acids is 1. The molecule has 2 heterocycles. The number of carbonyl (C=O) groups excluding carboxylic acids is 2. The van der Waals surface area contributed by atoms with Crippen molar-refractivity contribution in [1.29, 1.82) is 0 Å². The van der Waals surface area contributed by atoms with Crippen LogP contribution in [0.4, 0.5) is 0 Å². The zero-order valence-electron chi connectivity index (χ0n) is 24.2. The Morgan fingerprint density at radius 1 is 0.905 bits per heavy atom. The molecule has 7 heteroatoms. The number of aromatic amines is 1. The van der Waals surface area contributed by atoms with E-state index in [0.717, 1.165) is 17.5 Å². The number of Topliss-reactive ketones (excluding diaryl/α,β-unsaturated/α-hetero) is 1. The van der Waals surface area contributed by atoms with Crippen molar-refractivity contribution in [3.05, 3.63) is 107 Å². The van der Waals surface area contributed by atoms with Crippen LogP contribution in [-0.2, 0) is 0 Å². The molecule has 0 saturated heterocycles. The second-order valence-electron chi connectivity index (χ2n) is 12.1. The van der Waals surface area contributed by atoms with E-state index >= 15 is 0 Å². The Balaban J connectivity index is 1.31. The summed E-state index contributed by atoms with van der Waals surface area (Å²) in [6, 6.07) is 20.0. The van der Waals surface area contributed by atoms with Gasteiger partial charge in [-0.05, 0) is 54.8 Å². The topological polar surface area (TPSA) is 103 Å². The average Bonchev–Trinajstić information content (AvgIpc) is 3.41. The largest absolute Gasteiger partial charge is 0.478 e. The van der Waals surface area contributed by atoms with Crippen molar-refractivity contribution in [3.8, 4) is 11.4 Å². The fourth-order valence-corrected chi connectivity index (χ4v) is 6.85. The number of benzene rings is 3. The van der Waals surface area contributed by atoms with Crippen LogP contribution in [-0.4, -0.2) is 50.7 Å². The molecule has 0 saturated carbocycles. The second-order valence-corrected chi connectivity index (χ2v) is 12.1. The van der Waals surface area contributed by atoms with Gasteiger partial charge in [0, 0.05) is 35.0 Å². The van der Waals surface area contributed by atoms with Gasteiger partial charge >= 0.3 is 5.97 Å². The standard InChI is InChI=1S/C35H33N3O4/c1-21(39)24-10-7-11-28-30(24)37-31(36-28)25-8-5-6-9-26(25)32(40)38-19-17-29-34(2,3)27(16-18-35(29,4)20-38)22-12-14-23(15-13-22)33(41)42/h5-17H,18-20H2,1-4H3,(H,36,37)(H,41,42)/t35-/m1/s1. The first-order valence-electron chi connectivity index (χ1n) is 14.1. The van der Waals surface area contributed by atoms with Gasteiger partial charge in [-0.25, -0.2) is 9.78 Å². The third kappa shape index (κ3) is 4.45. The minimum Gasteiger partial charge on any atom is -0.478 e. The maximum Gasteiger partial charge on any atom is 0.335 e. The predicted octanol–water partition coefficient (Wildman–Crippen LogP) is 7.03. The van der Waals surface area contributed by atoms with E-state index in [2.05, 4.69) is 37.9 Å². The lowest BCUT2D eigenvalue weighted by atomic mass is 9.58. The quantitative estimate of drug-likeness (QED) is 0.202. The molecule has 2 N–H and O–H groups in total. The highest BCUT2D eigenvalue weighted by Crippen LogP contribution is 2.55. The first-order valence-corrected chi connectivity index (χ1v) is 14.1. The molecule has 6 rings (SSSR count). The second kappa shape index (κ2) is 9.94. The molecule has 7 nitrogen and oxygen atoms in total. The normalized spacial score (nSPS) is 19.6. The van der Waals surface area contributed by atoms with Gasteiger partial charge in [-0.3, -0.25) is 9.59 Å². The monoisotopic (exact) mass is 559 g/mol. The maximum atomic E-state index is 14.1. The highest BCUT2D eigenvalue weighted by atomic mass is 16.4. The molecule has 1 amide bonds. The average molecular weight is 560 g/mol. The summed E-state index contributed by atoms with van der Waals surface area (Å²) in [4.78, 5) is 47.5. The van der Waals surface area contributed by atoms with Gasteiger partial charge in [0.1, 0.15) is 5.82 Å². The van der Waals surface area contributed by atoms with E-state index in [1.165, 1.54) is 18.1 Å². The summed E-state index contributed by atoms with van der Waals surface area (Å²) in [5.41, 5.74) is 6.38. The number of rotatable bonds is 5. The molecule has 0 radical (unpaired) electrons. The molecule has 2 aliphatic rings. The van der Waals surface area contributed by atoms with Crippen LogP contribution in [0, 0.1) is 10.8 Å². The van der Waals surface area contributed by atoms with Gasteiger partial charge < -0.3 is 15.0 Å². The van der Waals surface area contributed by atoms with E-state index in [4.69, 9.17) is 4.98 Å². The Morgan fingerprint density at radius 2 is 1.62 bits per heavy atom. The Labute approximate surface area is 244 Å². The minimum absolute atomic E-state index is 0.0583. The van der Waals surface area contributed by atoms with E-state index in [0.29, 0.717) is 41.1 Å². The number of aromatic nitrogens is 2. The van der Waals surface area contributed by atoms with Crippen LogP contribution < -0.4 is 0 Å². The Kier molecular flexibility index (Phi) is 6.49. The van der Waals surface area contributed by atoms with Crippen LogP contribution >= 0.6 is 0 Å². The van der Waals surface area contributed by atoms with Crippen molar-refractivity contribution >= 4 is 34.3 Å². The summed E-state index contributed by atoms with van der Waals surface area (Å²) < 4.78 is 0. The first kappa shape index (κ1) is 27.4. The number of H-pyrrole nitrogens is 1. The summed E-state index contributed by atoms with van der Waals surface area (Å²) in [6.45, 7) is 9.22. The molecule has 0 bridgehead atoms. The number of hydrogen-bond acceptors (Lipinski definition) is 4. The van der Waals surface area contributed by atoms with Crippen molar-refractivity contribution in [2.45, 2.75) is 34.1 Å². The molecule has 1 aliphatic carbocycles. The third-order valence-electron chi connectivity index (χ3n) is 8.84. The number of carboxylic acid groups (broad SMARTS) is 1. The Hall–Kier alpha value is -4.78. The molecule has 212 valence electrons. The minimum atomic E-state index is -0.937. The highest BCUT2D eigenvalue weighted by molar-refractivity contribution is 6.06. The SMILES string of the molecule is CC(=O)c1cccc2[nH]c(-c3ccccc3C(=O)N3CC=C4C(C)(C)C(c5ccc(C(=O)O)cc5)=CC[C@]4(C)C3)nc12. The van der Waals surface area contributed by atoms with Crippen molar-refractivity contribution in [1.82, 2.24) is 14.9 Å². The van der Waals surface area contributed by atoms with Crippen molar-refractivity contribution < 1.29 is 19.5 Å². The summed E-state index contributed by atoms with van der Waals surface area (Å²) in [5.74, 6) is -0.501. The van der Waals surface area contributed by atoms with E-state index < -0.39 is 5.97 Å². The zero-order valence-corrected chi connectivity index (χ0v) is 24.2. The number of imidazole rings is 1. The van der Waals surface area contributed by atoms with Gasteiger partial charge in [-0.1, -0.05) is 74.9 Å². The number of nitrogens with zero attached hydrogens (tertiary/aromatic N) is 2. The number of nitrogens with one attached hydrogen (secondary N) is 1. The third-order valence-corrected chi connectivity index (χ3v) is 8.84. The van der Waals surface area contributed by atoms with Crippen LogP contribution in [0.25, 0.3) is 28.0 Å². The fraction of sp³-hybridized carbons (Fsp3) is 0.257. The number of carbonyl (C=O) groups is 3. The number of para-hydroxylation sites is 1. The van der Waals surface area contributed by atoms with E-state index in [-0.39, 0.29) is 28.1 Å². The smallest absolute Gasteiger partial charge is 0.335 e.